The molecule has 198 valence electrons. The number of benzene rings is 2. The average Bonchev–Trinajstić information content (AvgIpc) is 3.06. The second-order valence-electron chi connectivity index (χ2n) is 11.0. The lowest BCUT2D eigenvalue weighted by molar-refractivity contribution is 0.0342. The summed E-state index contributed by atoms with van der Waals surface area (Å²) in [5, 5.41) is 2.52. The molecule has 4 bridgehead atoms. The van der Waals surface area contributed by atoms with Gasteiger partial charge in [-0.05, 0) is 85.2 Å². The van der Waals surface area contributed by atoms with Gasteiger partial charge in [-0.3, -0.25) is 0 Å². The Balaban J connectivity index is 1.85. The third kappa shape index (κ3) is 3.64. The zero-order chi connectivity index (χ0) is 27.5. The van der Waals surface area contributed by atoms with Crippen LogP contribution in [0.15, 0.2) is 107 Å². The van der Waals surface area contributed by atoms with Crippen LogP contribution in [-0.4, -0.2) is 17.8 Å². The first-order valence-corrected chi connectivity index (χ1v) is 14.2. The molecule has 0 saturated heterocycles. The molecule has 3 heteroatoms. The van der Waals surface area contributed by atoms with Gasteiger partial charge in [0.05, 0.1) is 18.8 Å². The Morgan fingerprint density at radius 3 is 2.56 bits per heavy atom. The smallest absolute Gasteiger partial charge is 0.284 e. The number of aromatic nitrogens is 1. The molecule has 0 N–H and O–H groups in total. The molecule has 1 atom stereocenters. The van der Waals surface area contributed by atoms with Gasteiger partial charge in [-0.1, -0.05) is 56.9 Å². The largest absolute Gasteiger partial charge is 0.465 e. The summed E-state index contributed by atoms with van der Waals surface area (Å²) in [7, 11) is 2.17. The number of hydrogen-bond donors (Lipinski definition) is 0. The van der Waals surface area contributed by atoms with E-state index in [1.165, 1.54) is 38.5 Å². The molecule has 3 aliphatic rings. The molecular weight excluding hydrogens is 478 g/mol. The highest BCUT2D eigenvalue weighted by atomic mass is 16.7. The van der Waals surface area contributed by atoms with Crippen molar-refractivity contribution in [2.45, 2.75) is 52.4 Å². The molecule has 3 aliphatic carbocycles. The fraction of sp³-hybridized carbons (Fsp3) is 0.306. The Morgan fingerprint density at radius 2 is 1.82 bits per heavy atom. The van der Waals surface area contributed by atoms with Gasteiger partial charge >= 0.3 is 0 Å². The van der Waals surface area contributed by atoms with E-state index >= 15 is 0 Å². The minimum Gasteiger partial charge on any atom is -0.465 e. The maximum Gasteiger partial charge on any atom is 0.284 e. The molecule has 3 aromatic rings. The Labute approximate surface area is 231 Å². The molecule has 39 heavy (non-hydrogen) atoms. The Bertz CT molecular complexity index is 1750. The maximum absolute atomic E-state index is 6.44. The van der Waals surface area contributed by atoms with Crippen LogP contribution in [0.4, 0.5) is 0 Å². The number of ether oxygens (including phenoxy) is 2. The summed E-state index contributed by atoms with van der Waals surface area (Å²) in [6.45, 7) is 18.9. The first-order chi connectivity index (χ1) is 18.8. The summed E-state index contributed by atoms with van der Waals surface area (Å²) in [5.74, 6) is 0.600. The first-order valence-electron chi connectivity index (χ1n) is 14.2. The van der Waals surface area contributed by atoms with Gasteiger partial charge in [-0.15, -0.1) is 5.73 Å². The van der Waals surface area contributed by atoms with Crippen LogP contribution in [0, 0.1) is 0 Å². The van der Waals surface area contributed by atoms with Crippen LogP contribution >= 0.6 is 0 Å². The fourth-order valence-corrected chi connectivity index (χ4v) is 6.80. The van der Waals surface area contributed by atoms with Crippen molar-refractivity contribution in [3.63, 3.8) is 0 Å². The molecule has 0 spiro atoms. The Kier molecular flexibility index (Phi) is 6.08. The molecule has 0 amide bonds. The second-order valence-corrected chi connectivity index (χ2v) is 11.0. The van der Waals surface area contributed by atoms with Gasteiger partial charge < -0.3 is 14.0 Å². The summed E-state index contributed by atoms with van der Waals surface area (Å²) in [4.78, 5) is 0. The van der Waals surface area contributed by atoms with E-state index in [0.717, 1.165) is 52.7 Å². The molecule has 0 radical (unpaired) electrons. The molecule has 2 aromatic carbocycles. The number of fused-ring (bicyclic) bond motifs is 8. The molecule has 1 heterocycles. The first kappa shape index (κ1) is 25.3. The van der Waals surface area contributed by atoms with Gasteiger partial charge in [0, 0.05) is 45.4 Å². The highest BCUT2D eigenvalue weighted by molar-refractivity contribution is 6.10. The van der Waals surface area contributed by atoms with Gasteiger partial charge in [0.1, 0.15) is 0 Å². The third-order valence-corrected chi connectivity index (χ3v) is 8.66. The number of hydrogen-bond acceptors (Lipinski definition) is 2. The van der Waals surface area contributed by atoms with Crippen molar-refractivity contribution in [1.29, 1.82) is 0 Å². The third-order valence-electron chi connectivity index (χ3n) is 8.66. The van der Waals surface area contributed by atoms with Gasteiger partial charge in [-0.2, -0.15) is 0 Å². The number of para-hydroxylation sites is 1. The standard InChI is InChI=1S/C36H37NO2/c1-8-15-39-35(38-10-3)34-28-18-25-17-23(5)27(24(28)6)16-22(4)21-36(34,9-2)31-20-33-30(19-29(25)31)26-13-11-12-14-32(26)37(33)7/h11-14,16-17,19-20H,4,6,8-10,15,21H2,1-3,5,7H3. The average molecular weight is 516 g/mol. The second kappa shape index (κ2) is 9.36. The zero-order valence-corrected chi connectivity index (χ0v) is 23.8. The summed E-state index contributed by atoms with van der Waals surface area (Å²) in [6, 6.07) is 13.5. The lowest BCUT2D eigenvalue weighted by atomic mass is 9.62. The molecule has 6 rings (SSSR count). The predicted molar refractivity (Wildman–Crippen MR) is 162 cm³/mol. The number of rotatable bonds is 6. The van der Waals surface area contributed by atoms with Crippen LogP contribution in [0.25, 0.3) is 27.4 Å². The lowest BCUT2D eigenvalue weighted by Crippen LogP contribution is -2.33. The van der Waals surface area contributed by atoms with Crippen molar-refractivity contribution in [3.05, 3.63) is 118 Å². The van der Waals surface area contributed by atoms with Crippen molar-refractivity contribution in [2.24, 2.45) is 7.05 Å². The maximum atomic E-state index is 6.44. The van der Waals surface area contributed by atoms with Crippen molar-refractivity contribution in [1.82, 2.24) is 4.57 Å². The van der Waals surface area contributed by atoms with Crippen LogP contribution in [0.5, 0.6) is 0 Å². The van der Waals surface area contributed by atoms with Crippen LogP contribution in [-0.2, 0) is 21.9 Å². The molecule has 0 aliphatic heterocycles. The van der Waals surface area contributed by atoms with E-state index in [0.29, 0.717) is 19.2 Å². The highest BCUT2D eigenvalue weighted by Gasteiger charge is 2.46. The van der Waals surface area contributed by atoms with Crippen LogP contribution < -0.4 is 0 Å². The highest BCUT2D eigenvalue weighted by Crippen LogP contribution is 2.55. The molecular formula is C36H37NO2. The Morgan fingerprint density at radius 1 is 1.03 bits per heavy atom. The van der Waals surface area contributed by atoms with Gasteiger partial charge in [0.25, 0.3) is 5.95 Å². The van der Waals surface area contributed by atoms with E-state index in [2.05, 4.69) is 99.8 Å². The molecule has 0 fully saturated rings. The van der Waals surface area contributed by atoms with Crippen molar-refractivity contribution < 1.29 is 9.47 Å². The Hall–Kier alpha value is -3.94. The summed E-state index contributed by atoms with van der Waals surface area (Å²) < 4.78 is 15.1. The summed E-state index contributed by atoms with van der Waals surface area (Å²) in [6.07, 6.45) is 7.02. The van der Waals surface area contributed by atoms with Crippen molar-refractivity contribution in [2.75, 3.05) is 13.2 Å². The van der Waals surface area contributed by atoms with E-state index in [1.807, 2.05) is 6.92 Å². The van der Waals surface area contributed by atoms with Crippen molar-refractivity contribution in [3.8, 4) is 0 Å². The minimum absolute atomic E-state index is 0.427. The van der Waals surface area contributed by atoms with Crippen LogP contribution in [0.3, 0.4) is 0 Å². The van der Waals surface area contributed by atoms with Gasteiger partial charge in [-0.25, -0.2) is 0 Å². The topological polar surface area (TPSA) is 23.4 Å². The van der Waals surface area contributed by atoms with Crippen LogP contribution in [0.1, 0.15) is 58.1 Å². The lowest BCUT2D eigenvalue weighted by Gasteiger charge is -2.40. The van der Waals surface area contributed by atoms with E-state index < -0.39 is 5.41 Å². The molecule has 0 saturated carbocycles. The van der Waals surface area contributed by atoms with E-state index in [4.69, 9.17) is 9.47 Å². The van der Waals surface area contributed by atoms with Crippen LogP contribution in [0.2, 0.25) is 0 Å². The van der Waals surface area contributed by atoms with E-state index in [9.17, 15) is 0 Å². The quantitative estimate of drug-likeness (QED) is 0.242. The fourth-order valence-electron chi connectivity index (χ4n) is 6.80. The molecule has 1 aromatic heterocycles. The van der Waals surface area contributed by atoms with E-state index in [1.54, 1.807) is 0 Å². The number of aryl methyl sites for hydroxylation is 1. The zero-order valence-electron chi connectivity index (χ0n) is 23.8. The van der Waals surface area contributed by atoms with E-state index in [-0.39, 0.29) is 0 Å². The summed E-state index contributed by atoms with van der Waals surface area (Å²) >= 11 is 0. The predicted octanol–water partition coefficient (Wildman–Crippen LogP) is 8.98. The number of allylic oxidation sites excluding steroid dienone is 8. The number of nitrogens with zero attached hydrogens (tertiary/aromatic N) is 1. The minimum atomic E-state index is -0.427. The molecule has 1 unspecified atom stereocenters. The SMILES string of the molecule is C=C1C=C2C(=C)C3=C=C(C=C2C)c2cc4c5ccccc5n(C)c4cc2C(CC)(C1)C3=C(OCC)OCCC. The monoisotopic (exact) mass is 515 g/mol. The summed E-state index contributed by atoms with van der Waals surface area (Å²) in [5.41, 5.74) is 15.8. The molecule has 3 nitrogen and oxygen atoms in total. The van der Waals surface area contributed by atoms with Gasteiger partial charge in [0.15, 0.2) is 0 Å². The van der Waals surface area contributed by atoms with Gasteiger partial charge in [0.2, 0.25) is 0 Å². The normalized spacial score (nSPS) is 21.5. The van der Waals surface area contributed by atoms with Crippen molar-refractivity contribution >= 4 is 27.4 Å².